The van der Waals surface area contributed by atoms with Crippen molar-refractivity contribution in [2.45, 2.75) is 26.2 Å². The highest BCUT2D eigenvalue weighted by Crippen LogP contribution is 2.25. The third kappa shape index (κ3) is 3.67. The SMILES string of the molecule is CCc1oc2ccccc2c1/C=N\NC(=O)C[C@H]1CCS(=O)(=O)C1. The number of carbonyl (C=O) groups excluding carboxylic acids is 1. The molecular formula is C17H20N2O4S. The number of furan rings is 1. The molecule has 1 amide bonds. The topological polar surface area (TPSA) is 88.7 Å². The Hall–Kier alpha value is -2.15. The summed E-state index contributed by atoms with van der Waals surface area (Å²) in [7, 11) is -2.96. The molecule has 0 aliphatic carbocycles. The number of nitrogens with one attached hydrogen (secondary N) is 1. The minimum Gasteiger partial charge on any atom is -0.460 e. The lowest BCUT2D eigenvalue weighted by atomic mass is 10.1. The van der Waals surface area contributed by atoms with Crippen LogP contribution in [0.2, 0.25) is 0 Å². The molecule has 7 heteroatoms. The van der Waals surface area contributed by atoms with Gasteiger partial charge in [-0.15, -0.1) is 0 Å². The van der Waals surface area contributed by atoms with E-state index in [2.05, 4.69) is 10.5 Å². The van der Waals surface area contributed by atoms with Gasteiger partial charge >= 0.3 is 0 Å². The van der Waals surface area contributed by atoms with Gasteiger partial charge < -0.3 is 4.42 Å². The molecule has 3 rings (SSSR count). The first-order valence-corrected chi connectivity index (χ1v) is 9.83. The summed E-state index contributed by atoms with van der Waals surface area (Å²) < 4.78 is 28.6. The molecule has 0 saturated carbocycles. The van der Waals surface area contributed by atoms with Crippen LogP contribution in [0.5, 0.6) is 0 Å². The highest BCUT2D eigenvalue weighted by Gasteiger charge is 2.29. The first-order valence-electron chi connectivity index (χ1n) is 8.01. The molecule has 24 heavy (non-hydrogen) atoms. The lowest BCUT2D eigenvalue weighted by Crippen LogP contribution is -2.21. The van der Waals surface area contributed by atoms with Crippen molar-refractivity contribution in [3.8, 4) is 0 Å². The summed E-state index contributed by atoms with van der Waals surface area (Å²) in [5, 5.41) is 4.97. The molecule has 1 aromatic carbocycles. The summed E-state index contributed by atoms with van der Waals surface area (Å²) in [6.07, 6.45) is 3.05. The zero-order valence-electron chi connectivity index (χ0n) is 13.5. The van der Waals surface area contributed by atoms with Crippen LogP contribution in [-0.4, -0.2) is 32.0 Å². The normalized spacial score (nSPS) is 20.0. The molecule has 1 N–H and O–H groups in total. The van der Waals surface area contributed by atoms with E-state index in [-0.39, 0.29) is 29.8 Å². The van der Waals surface area contributed by atoms with Crippen molar-refractivity contribution < 1.29 is 17.6 Å². The Morgan fingerprint density at radius 3 is 2.92 bits per heavy atom. The molecule has 0 bridgehead atoms. The number of fused-ring (bicyclic) bond motifs is 1. The predicted molar refractivity (Wildman–Crippen MR) is 92.7 cm³/mol. The van der Waals surface area contributed by atoms with Crippen LogP contribution in [0.4, 0.5) is 0 Å². The molecular weight excluding hydrogens is 328 g/mol. The highest BCUT2D eigenvalue weighted by atomic mass is 32.2. The number of hydrazone groups is 1. The maximum atomic E-state index is 11.9. The Balaban J connectivity index is 1.65. The standard InChI is InChI=1S/C17H20N2O4S/c1-2-15-14(13-5-3-4-6-16(13)23-15)10-18-19-17(20)9-12-7-8-24(21,22)11-12/h3-6,10,12H,2,7-9,11H2,1H3,(H,19,20)/b18-10-/t12-/m1/s1. The van der Waals surface area contributed by atoms with E-state index < -0.39 is 9.84 Å². The molecule has 1 fully saturated rings. The van der Waals surface area contributed by atoms with E-state index in [0.717, 1.165) is 28.7 Å². The summed E-state index contributed by atoms with van der Waals surface area (Å²) in [4.78, 5) is 11.9. The van der Waals surface area contributed by atoms with Crippen molar-refractivity contribution in [2.75, 3.05) is 11.5 Å². The average molecular weight is 348 g/mol. The zero-order chi connectivity index (χ0) is 17.2. The summed E-state index contributed by atoms with van der Waals surface area (Å²) in [6.45, 7) is 1.99. The van der Waals surface area contributed by atoms with Crippen LogP contribution in [0.3, 0.4) is 0 Å². The Kier molecular flexibility index (Phi) is 4.71. The number of aryl methyl sites for hydroxylation is 1. The first-order chi connectivity index (χ1) is 11.5. The Morgan fingerprint density at radius 2 is 2.21 bits per heavy atom. The molecule has 0 unspecified atom stereocenters. The van der Waals surface area contributed by atoms with E-state index in [9.17, 15) is 13.2 Å². The molecule has 1 aromatic heterocycles. The second-order valence-corrected chi connectivity index (χ2v) is 8.28. The maximum Gasteiger partial charge on any atom is 0.240 e. The minimum atomic E-state index is -2.96. The third-order valence-corrected chi connectivity index (χ3v) is 6.05. The van der Waals surface area contributed by atoms with Gasteiger partial charge in [-0.1, -0.05) is 25.1 Å². The molecule has 2 aromatic rings. The molecule has 0 spiro atoms. The van der Waals surface area contributed by atoms with E-state index in [1.54, 1.807) is 6.21 Å². The second kappa shape index (κ2) is 6.76. The number of sulfone groups is 1. The zero-order valence-corrected chi connectivity index (χ0v) is 14.3. The molecule has 2 heterocycles. The number of benzene rings is 1. The maximum absolute atomic E-state index is 11.9. The van der Waals surface area contributed by atoms with Crippen LogP contribution in [0, 0.1) is 5.92 Å². The fourth-order valence-electron chi connectivity index (χ4n) is 3.03. The quantitative estimate of drug-likeness (QED) is 0.663. The number of para-hydroxylation sites is 1. The van der Waals surface area contributed by atoms with E-state index in [1.807, 2.05) is 31.2 Å². The summed E-state index contributed by atoms with van der Waals surface area (Å²) in [5.41, 5.74) is 4.13. The van der Waals surface area contributed by atoms with E-state index in [4.69, 9.17) is 4.42 Å². The van der Waals surface area contributed by atoms with Gasteiger partial charge in [0, 0.05) is 23.8 Å². The Labute approximate surface area is 140 Å². The van der Waals surface area contributed by atoms with Gasteiger partial charge in [0.05, 0.1) is 17.7 Å². The van der Waals surface area contributed by atoms with Crippen molar-refractivity contribution in [3.63, 3.8) is 0 Å². The number of amides is 1. The second-order valence-electron chi connectivity index (χ2n) is 6.05. The summed E-state index contributed by atoms with van der Waals surface area (Å²) in [6, 6.07) is 7.67. The Morgan fingerprint density at radius 1 is 1.42 bits per heavy atom. The van der Waals surface area contributed by atoms with E-state index >= 15 is 0 Å². The van der Waals surface area contributed by atoms with Crippen LogP contribution in [0.15, 0.2) is 33.8 Å². The van der Waals surface area contributed by atoms with Crippen LogP contribution < -0.4 is 5.43 Å². The number of hydrogen-bond acceptors (Lipinski definition) is 5. The van der Waals surface area contributed by atoms with Gasteiger partial charge in [-0.2, -0.15) is 5.10 Å². The number of carbonyl (C=O) groups is 1. The molecule has 128 valence electrons. The number of rotatable bonds is 5. The minimum absolute atomic E-state index is 0.0937. The van der Waals surface area contributed by atoms with Crippen LogP contribution in [0.1, 0.15) is 31.1 Å². The van der Waals surface area contributed by atoms with Gasteiger partial charge in [0.2, 0.25) is 5.91 Å². The molecule has 0 radical (unpaired) electrons. The fourth-order valence-corrected chi connectivity index (χ4v) is 4.89. The number of hydrogen-bond donors (Lipinski definition) is 1. The number of nitrogens with zero attached hydrogens (tertiary/aromatic N) is 1. The third-order valence-electron chi connectivity index (χ3n) is 4.22. The van der Waals surface area contributed by atoms with Crippen molar-refractivity contribution >= 4 is 32.9 Å². The van der Waals surface area contributed by atoms with Crippen molar-refractivity contribution in [1.29, 1.82) is 0 Å². The van der Waals surface area contributed by atoms with Crippen molar-refractivity contribution in [2.24, 2.45) is 11.0 Å². The molecule has 6 nitrogen and oxygen atoms in total. The van der Waals surface area contributed by atoms with E-state index in [0.29, 0.717) is 6.42 Å². The monoisotopic (exact) mass is 348 g/mol. The largest absolute Gasteiger partial charge is 0.460 e. The summed E-state index contributed by atoms with van der Waals surface area (Å²) >= 11 is 0. The van der Waals surface area contributed by atoms with Crippen LogP contribution in [-0.2, 0) is 21.1 Å². The van der Waals surface area contributed by atoms with E-state index in [1.165, 1.54) is 0 Å². The summed E-state index contributed by atoms with van der Waals surface area (Å²) in [5.74, 6) is 0.715. The van der Waals surface area contributed by atoms with Gasteiger partial charge in [-0.05, 0) is 18.4 Å². The van der Waals surface area contributed by atoms with Crippen molar-refractivity contribution in [3.05, 3.63) is 35.6 Å². The Bertz CT molecular complexity index is 883. The molecule has 1 saturated heterocycles. The first kappa shape index (κ1) is 16.7. The fraction of sp³-hybridized carbons (Fsp3) is 0.412. The van der Waals surface area contributed by atoms with Gasteiger partial charge in [-0.25, -0.2) is 13.8 Å². The lowest BCUT2D eigenvalue weighted by Gasteiger charge is -2.05. The average Bonchev–Trinajstić information content (AvgIpc) is 3.07. The van der Waals surface area contributed by atoms with Crippen LogP contribution in [0.25, 0.3) is 11.0 Å². The lowest BCUT2D eigenvalue weighted by molar-refractivity contribution is -0.121. The van der Waals surface area contributed by atoms with Gasteiger partial charge in [0.1, 0.15) is 11.3 Å². The molecule has 1 aliphatic rings. The van der Waals surface area contributed by atoms with Gasteiger partial charge in [-0.3, -0.25) is 4.79 Å². The van der Waals surface area contributed by atoms with Crippen molar-refractivity contribution in [1.82, 2.24) is 5.43 Å². The van der Waals surface area contributed by atoms with Gasteiger partial charge in [0.25, 0.3) is 0 Å². The molecule has 1 atom stereocenters. The highest BCUT2D eigenvalue weighted by molar-refractivity contribution is 7.91. The van der Waals surface area contributed by atoms with Gasteiger partial charge in [0.15, 0.2) is 9.84 Å². The predicted octanol–water partition coefficient (Wildman–Crippen LogP) is 2.27. The van der Waals surface area contributed by atoms with Crippen LogP contribution >= 0.6 is 0 Å². The smallest absolute Gasteiger partial charge is 0.240 e. The molecule has 1 aliphatic heterocycles.